The van der Waals surface area contributed by atoms with E-state index < -0.39 is 0 Å². The largest absolute Gasteiger partial charge is 0.324 e. The van der Waals surface area contributed by atoms with Crippen molar-refractivity contribution in [2.24, 2.45) is 11.7 Å². The lowest BCUT2D eigenvalue weighted by atomic mass is 9.80. The van der Waals surface area contributed by atoms with Crippen LogP contribution in [0.4, 0.5) is 0 Å². The van der Waals surface area contributed by atoms with E-state index in [1.54, 1.807) is 0 Å². The van der Waals surface area contributed by atoms with Crippen molar-refractivity contribution < 1.29 is 0 Å². The van der Waals surface area contributed by atoms with Crippen LogP contribution < -0.4 is 5.73 Å². The lowest BCUT2D eigenvalue weighted by molar-refractivity contribution is 0.454. The van der Waals surface area contributed by atoms with Gasteiger partial charge in [0.05, 0.1) is 0 Å². The Labute approximate surface area is 106 Å². The first-order chi connectivity index (χ1) is 7.86. The highest BCUT2D eigenvalue weighted by atomic mass is 14.6. The van der Waals surface area contributed by atoms with E-state index in [4.69, 9.17) is 5.73 Å². The Morgan fingerprint density at radius 1 is 1.18 bits per heavy atom. The molecule has 0 fully saturated rings. The maximum Gasteiger partial charge on any atom is 0.0300 e. The fourth-order valence-electron chi connectivity index (χ4n) is 2.23. The summed E-state index contributed by atoms with van der Waals surface area (Å²) in [5.41, 5.74) is 9.24. The normalized spacial score (nSPS) is 15.6. The lowest BCUT2D eigenvalue weighted by Gasteiger charge is -2.26. The molecule has 0 spiro atoms. The second kappa shape index (κ2) is 5.68. The second-order valence-corrected chi connectivity index (χ2v) is 6.19. The molecule has 1 rings (SSSR count). The third-order valence-corrected chi connectivity index (χ3v) is 3.52. The summed E-state index contributed by atoms with van der Waals surface area (Å²) in [5.74, 6) is 0.693. The third kappa shape index (κ3) is 3.85. The molecule has 1 heteroatoms. The number of benzene rings is 1. The molecule has 0 aliphatic carbocycles. The van der Waals surface area contributed by atoms with Crippen LogP contribution in [0.15, 0.2) is 24.3 Å². The zero-order valence-corrected chi connectivity index (χ0v) is 12.0. The molecule has 2 atom stereocenters. The topological polar surface area (TPSA) is 26.0 Å². The van der Waals surface area contributed by atoms with Gasteiger partial charge in [-0.15, -0.1) is 0 Å². The highest BCUT2D eigenvalue weighted by molar-refractivity contribution is 5.35. The molecular weight excluding hydrogens is 206 g/mol. The predicted octanol–water partition coefficient (Wildman–Crippen LogP) is 4.42. The van der Waals surface area contributed by atoms with Crippen molar-refractivity contribution >= 4 is 0 Å². The van der Waals surface area contributed by atoms with Gasteiger partial charge in [0.15, 0.2) is 0 Å². The molecule has 2 unspecified atom stereocenters. The Bertz CT molecular complexity index is 349. The lowest BCUT2D eigenvalue weighted by Crippen LogP contribution is -2.21. The van der Waals surface area contributed by atoms with E-state index in [2.05, 4.69) is 58.9 Å². The van der Waals surface area contributed by atoms with Crippen LogP contribution in [0.5, 0.6) is 0 Å². The number of nitrogens with two attached hydrogens (primary N) is 1. The van der Waals surface area contributed by atoms with Crippen LogP contribution in [-0.4, -0.2) is 0 Å². The van der Waals surface area contributed by atoms with Crippen molar-refractivity contribution in [1.82, 2.24) is 0 Å². The third-order valence-electron chi connectivity index (χ3n) is 3.52. The van der Waals surface area contributed by atoms with E-state index in [0.29, 0.717) is 5.92 Å². The van der Waals surface area contributed by atoms with Crippen molar-refractivity contribution in [3.8, 4) is 0 Å². The van der Waals surface area contributed by atoms with Gasteiger partial charge >= 0.3 is 0 Å². The molecule has 0 amide bonds. The van der Waals surface area contributed by atoms with E-state index in [1.807, 2.05) is 0 Å². The van der Waals surface area contributed by atoms with Gasteiger partial charge in [-0.2, -0.15) is 0 Å². The van der Waals surface area contributed by atoms with Gasteiger partial charge in [0.25, 0.3) is 0 Å². The second-order valence-electron chi connectivity index (χ2n) is 6.19. The maximum atomic E-state index is 6.37. The van der Waals surface area contributed by atoms with Gasteiger partial charge in [0.2, 0.25) is 0 Å². The predicted molar refractivity (Wildman–Crippen MR) is 76.1 cm³/mol. The van der Waals surface area contributed by atoms with Crippen molar-refractivity contribution in [1.29, 1.82) is 0 Å². The molecule has 1 nitrogen and oxygen atoms in total. The number of hydrogen-bond donors (Lipinski definition) is 1. The van der Waals surface area contributed by atoms with Gasteiger partial charge in [-0.1, -0.05) is 65.3 Å². The number of hydrogen-bond acceptors (Lipinski definition) is 1. The summed E-state index contributed by atoms with van der Waals surface area (Å²) in [7, 11) is 0. The molecule has 0 saturated heterocycles. The van der Waals surface area contributed by atoms with E-state index >= 15 is 0 Å². The van der Waals surface area contributed by atoms with E-state index in [9.17, 15) is 0 Å². The van der Waals surface area contributed by atoms with Crippen LogP contribution >= 0.6 is 0 Å². The van der Waals surface area contributed by atoms with Gasteiger partial charge in [-0.25, -0.2) is 0 Å². The summed E-state index contributed by atoms with van der Waals surface area (Å²) >= 11 is 0. The first-order valence-electron chi connectivity index (χ1n) is 6.71. The molecule has 1 aromatic carbocycles. The van der Waals surface area contributed by atoms with Gasteiger partial charge in [0.1, 0.15) is 0 Å². The Morgan fingerprint density at radius 3 is 2.29 bits per heavy atom. The van der Waals surface area contributed by atoms with Crippen molar-refractivity contribution in [2.75, 3.05) is 0 Å². The average Bonchev–Trinajstić information content (AvgIpc) is 2.27. The standard InChI is InChI=1S/C16H27N/c1-6-12(2)11-15(17)13-9-7-8-10-14(13)16(3,4)5/h7-10,12,15H,6,11,17H2,1-5H3. The molecule has 0 radical (unpaired) electrons. The minimum atomic E-state index is 0.167. The highest BCUT2D eigenvalue weighted by Crippen LogP contribution is 2.31. The fraction of sp³-hybridized carbons (Fsp3) is 0.625. The monoisotopic (exact) mass is 233 g/mol. The Morgan fingerprint density at radius 2 is 1.76 bits per heavy atom. The van der Waals surface area contributed by atoms with Gasteiger partial charge in [0, 0.05) is 6.04 Å². The van der Waals surface area contributed by atoms with Crippen LogP contribution in [0.3, 0.4) is 0 Å². The summed E-state index contributed by atoms with van der Waals surface area (Å²) in [4.78, 5) is 0. The maximum absolute atomic E-state index is 6.37. The Balaban J connectivity index is 2.97. The molecular formula is C16H27N. The van der Waals surface area contributed by atoms with Gasteiger partial charge in [-0.05, 0) is 28.9 Å². The first-order valence-corrected chi connectivity index (χ1v) is 6.71. The molecule has 0 aliphatic heterocycles. The molecule has 2 N–H and O–H groups in total. The summed E-state index contributed by atoms with van der Waals surface area (Å²) < 4.78 is 0. The fourth-order valence-corrected chi connectivity index (χ4v) is 2.23. The minimum absolute atomic E-state index is 0.167. The van der Waals surface area contributed by atoms with Crippen LogP contribution in [0.25, 0.3) is 0 Å². The summed E-state index contributed by atoms with van der Waals surface area (Å²) in [6.07, 6.45) is 2.27. The van der Waals surface area contributed by atoms with Crippen LogP contribution in [0.2, 0.25) is 0 Å². The van der Waals surface area contributed by atoms with Crippen molar-refractivity contribution in [3.05, 3.63) is 35.4 Å². The smallest absolute Gasteiger partial charge is 0.0300 e. The molecule has 96 valence electrons. The summed E-state index contributed by atoms with van der Waals surface area (Å²) in [6.45, 7) is 11.3. The molecule has 0 aromatic heterocycles. The number of rotatable bonds is 4. The molecule has 0 bridgehead atoms. The molecule has 0 aliphatic rings. The van der Waals surface area contributed by atoms with Gasteiger partial charge in [-0.3, -0.25) is 0 Å². The van der Waals surface area contributed by atoms with Crippen molar-refractivity contribution in [2.45, 2.75) is 58.9 Å². The van der Waals surface area contributed by atoms with E-state index in [1.165, 1.54) is 17.5 Å². The minimum Gasteiger partial charge on any atom is -0.324 e. The Kier molecular flexibility index (Phi) is 4.76. The summed E-state index contributed by atoms with van der Waals surface area (Å²) in [6, 6.07) is 8.78. The highest BCUT2D eigenvalue weighted by Gasteiger charge is 2.21. The van der Waals surface area contributed by atoms with Crippen LogP contribution in [0, 0.1) is 5.92 Å². The van der Waals surface area contributed by atoms with Crippen LogP contribution in [-0.2, 0) is 5.41 Å². The van der Waals surface area contributed by atoms with Gasteiger partial charge < -0.3 is 5.73 Å². The summed E-state index contributed by atoms with van der Waals surface area (Å²) in [5, 5.41) is 0. The van der Waals surface area contributed by atoms with Crippen molar-refractivity contribution in [3.63, 3.8) is 0 Å². The molecule has 17 heavy (non-hydrogen) atoms. The first kappa shape index (κ1) is 14.2. The quantitative estimate of drug-likeness (QED) is 0.818. The molecule has 0 saturated carbocycles. The molecule has 0 heterocycles. The molecule has 1 aromatic rings. The average molecular weight is 233 g/mol. The van der Waals surface area contributed by atoms with Crippen LogP contribution in [0.1, 0.15) is 64.6 Å². The Hall–Kier alpha value is -0.820. The zero-order valence-electron chi connectivity index (χ0n) is 12.0. The van der Waals surface area contributed by atoms with E-state index in [-0.39, 0.29) is 11.5 Å². The SMILES string of the molecule is CCC(C)CC(N)c1ccccc1C(C)(C)C. The van der Waals surface area contributed by atoms with E-state index in [0.717, 1.165) is 6.42 Å². The zero-order chi connectivity index (χ0) is 13.1.